The summed E-state index contributed by atoms with van der Waals surface area (Å²) < 4.78 is 0. The Morgan fingerprint density at radius 2 is 2.07 bits per heavy atom. The van der Waals surface area contributed by atoms with Gasteiger partial charge in [-0.3, -0.25) is 0 Å². The van der Waals surface area contributed by atoms with E-state index in [1.165, 1.54) is 25.8 Å². The summed E-state index contributed by atoms with van der Waals surface area (Å²) >= 11 is 5.00. The molecule has 0 amide bonds. The van der Waals surface area contributed by atoms with Crippen LogP contribution in [0.4, 0.5) is 0 Å². The van der Waals surface area contributed by atoms with E-state index in [1.54, 1.807) is 0 Å². The van der Waals surface area contributed by atoms with E-state index in [9.17, 15) is 0 Å². The van der Waals surface area contributed by atoms with Gasteiger partial charge in [0.1, 0.15) is 0 Å². The molecule has 0 aromatic carbocycles. The molecule has 3 heteroatoms. The Labute approximate surface area is 99.2 Å². The van der Waals surface area contributed by atoms with Crippen LogP contribution in [0.3, 0.4) is 0 Å². The first kappa shape index (κ1) is 12.9. The maximum atomic E-state index is 5.63. The third-order valence-electron chi connectivity index (χ3n) is 3.20. The average molecular weight is 228 g/mol. The van der Waals surface area contributed by atoms with E-state index < -0.39 is 0 Å². The Hall–Kier alpha value is -0.150. The van der Waals surface area contributed by atoms with Crippen LogP contribution in [0.15, 0.2) is 0 Å². The molecule has 1 fully saturated rings. The number of hydrogen-bond donors (Lipinski definition) is 1. The number of hydrogen-bond acceptors (Lipinski definition) is 2. The van der Waals surface area contributed by atoms with E-state index in [0.717, 1.165) is 18.9 Å². The van der Waals surface area contributed by atoms with E-state index in [4.69, 9.17) is 18.0 Å². The standard InChI is InChI=1S/C12H24N2S/c1-10(2)4-7-14(3)9-12(5-6-12)8-11(13)15/h10H,4-9H2,1-3H3,(H2,13,15). The average Bonchev–Trinajstić information content (AvgIpc) is 2.80. The molecule has 0 radical (unpaired) electrons. The largest absolute Gasteiger partial charge is 0.393 e. The SMILES string of the molecule is CC(C)CCN(C)CC1(CC(N)=S)CC1. The quantitative estimate of drug-likeness (QED) is 0.679. The van der Waals surface area contributed by atoms with Crippen LogP contribution >= 0.6 is 12.2 Å². The topological polar surface area (TPSA) is 29.3 Å². The Morgan fingerprint density at radius 1 is 1.47 bits per heavy atom. The molecule has 2 nitrogen and oxygen atoms in total. The zero-order chi connectivity index (χ0) is 11.5. The molecule has 0 bridgehead atoms. The zero-order valence-corrected chi connectivity index (χ0v) is 11.1. The predicted octanol–water partition coefficient (Wildman–Crippen LogP) is 2.42. The molecule has 0 atom stereocenters. The first-order valence-corrected chi connectivity index (χ1v) is 6.31. The second kappa shape index (κ2) is 5.26. The van der Waals surface area contributed by atoms with Crippen molar-refractivity contribution in [2.24, 2.45) is 17.1 Å². The lowest BCUT2D eigenvalue weighted by Crippen LogP contribution is -2.30. The van der Waals surface area contributed by atoms with Gasteiger partial charge in [0.25, 0.3) is 0 Å². The van der Waals surface area contributed by atoms with Gasteiger partial charge in [-0.25, -0.2) is 0 Å². The van der Waals surface area contributed by atoms with Gasteiger partial charge >= 0.3 is 0 Å². The highest BCUT2D eigenvalue weighted by atomic mass is 32.1. The van der Waals surface area contributed by atoms with Crippen molar-refractivity contribution in [1.82, 2.24) is 4.90 Å². The van der Waals surface area contributed by atoms with Crippen LogP contribution in [0, 0.1) is 11.3 Å². The lowest BCUT2D eigenvalue weighted by atomic mass is 10.0. The van der Waals surface area contributed by atoms with Crippen LogP contribution in [0.25, 0.3) is 0 Å². The van der Waals surface area contributed by atoms with Gasteiger partial charge in [-0.05, 0) is 44.2 Å². The van der Waals surface area contributed by atoms with Gasteiger partial charge in [0, 0.05) is 13.0 Å². The summed E-state index contributed by atoms with van der Waals surface area (Å²) in [5.74, 6) is 0.790. The lowest BCUT2D eigenvalue weighted by Gasteiger charge is -2.24. The van der Waals surface area contributed by atoms with Crippen LogP contribution < -0.4 is 5.73 Å². The van der Waals surface area contributed by atoms with Gasteiger partial charge in [-0.2, -0.15) is 0 Å². The van der Waals surface area contributed by atoms with Gasteiger partial charge in [0.05, 0.1) is 4.99 Å². The molecular weight excluding hydrogens is 204 g/mol. The molecule has 0 spiro atoms. The van der Waals surface area contributed by atoms with E-state index in [1.807, 2.05) is 0 Å². The fourth-order valence-corrected chi connectivity index (χ4v) is 2.37. The molecule has 15 heavy (non-hydrogen) atoms. The van der Waals surface area contributed by atoms with Gasteiger partial charge < -0.3 is 10.6 Å². The fourth-order valence-electron chi connectivity index (χ4n) is 2.07. The van der Waals surface area contributed by atoms with Gasteiger partial charge in [0.2, 0.25) is 0 Å². The van der Waals surface area contributed by atoms with Crippen molar-refractivity contribution in [1.29, 1.82) is 0 Å². The Balaban J connectivity index is 2.25. The van der Waals surface area contributed by atoms with Crippen molar-refractivity contribution in [3.05, 3.63) is 0 Å². The van der Waals surface area contributed by atoms with Gasteiger partial charge in [0.15, 0.2) is 0 Å². The fraction of sp³-hybridized carbons (Fsp3) is 0.917. The van der Waals surface area contributed by atoms with E-state index in [2.05, 4.69) is 25.8 Å². The number of rotatable bonds is 7. The molecule has 0 aromatic heterocycles. The molecule has 0 saturated heterocycles. The normalized spacial score (nSPS) is 18.5. The van der Waals surface area contributed by atoms with Crippen LogP contribution in [-0.4, -0.2) is 30.0 Å². The van der Waals surface area contributed by atoms with Crippen LogP contribution in [0.2, 0.25) is 0 Å². The Morgan fingerprint density at radius 3 is 2.47 bits per heavy atom. The summed E-state index contributed by atoms with van der Waals surface area (Å²) in [5.41, 5.74) is 6.07. The summed E-state index contributed by atoms with van der Waals surface area (Å²) in [6, 6.07) is 0. The number of nitrogens with two attached hydrogens (primary N) is 1. The summed E-state index contributed by atoms with van der Waals surface area (Å²) in [6.45, 7) is 6.90. The molecular formula is C12H24N2S. The van der Waals surface area contributed by atoms with E-state index in [-0.39, 0.29) is 0 Å². The first-order chi connectivity index (χ1) is 6.93. The Kier molecular flexibility index (Phi) is 4.53. The maximum Gasteiger partial charge on any atom is 0.0733 e. The van der Waals surface area contributed by atoms with Crippen LogP contribution in [0.1, 0.15) is 39.5 Å². The number of nitrogens with zero attached hydrogens (tertiary/aromatic N) is 1. The zero-order valence-electron chi connectivity index (χ0n) is 10.3. The molecule has 1 aliphatic rings. The van der Waals surface area contributed by atoms with Crippen LogP contribution in [-0.2, 0) is 0 Å². The molecule has 0 heterocycles. The van der Waals surface area contributed by atoms with E-state index >= 15 is 0 Å². The highest BCUT2D eigenvalue weighted by molar-refractivity contribution is 7.80. The first-order valence-electron chi connectivity index (χ1n) is 5.90. The third-order valence-corrected chi connectivity index (χ3v) is 3.34. The van der Waals surface area contributed by atoms with Crippen molar-refractivity contribution in [2.75, 3.05) is 20.1 Å². The molecule has 1 rings (SSSR count). The number of thiocarbonyl (C=S) groups is 1. The minimum Gasteiger partial charge on any atom is -0.393 e. The molecule has 0 aromatic rings. The molecule has 0 unspecified atom stereocenters. The molecule has 1 saturated carbocycles. The van der Waals surface area contributed by atoms with Gasteiger partial charge in [-0.1, -0.05) is 26.1 Å². The predicted molar refractivity (Wildman–Crippen MR) is 70.0 cm³/mol. The second-order valence-corrected chi connectivity index (χ2v) is 6.09. The highest BCUT2D eigenvalue weighted by Gasteiger charge is 2.43. The molecule has 2 N–H and O–H groups in total. The van der Waals surface area contributed by atoms with E-state index in [0.29, 0.717) is 10.4 Å². The van der Waals surface area contributed by atoms with Gasteiger partial charge in [-0.15, -0.1) is 0 Å². The molecule has 0 aliphatic heterocycles. The summed E-state index contributed by atoms with van der Waals surface area (Å²) in [6.07, 6.45) is 4.82. The van der Waals surface area contributed by atoms with Crippen molar-refractivity contribution in [3.8, 4) is 0 Å². The summed E-state index contributed by atoms with van der Waals surface area (Å²) in [5, 5.41) is 0. The van der Waals surface area contributed by atoms with Crippen molar-refractivity contribution in [3.63, 3.8) is 0 Å². The summed E-state index contributed by atoms with van der Waals surface area (Å²) in [4.78, 5) is 3.12. The van der Waals surface area contributed by atoms with Crippen molar-refractivity contribution in [2.45, 2.75) is 39.5 Å². The molecule has 88 valence electrons. The molecule has 1 aliphatic carbocycles. The second-order valence-electron chi connectivity index (χ2n) is 5.56. The maximum absolute atomic E-state index is 5.63. The van der Waals surface area contributed by atoms with Crippen LogP contribution in [0.5, 0.6) is 0 Å². The smallest absolute Gasteiger partial charge is 0.0733 e. The minimum atomic E-state index is 0.442. The van der Waals surface area contributed by atoms with Crippen molar-refractivity contribution < 1.29 is 0 Å². The Bertz CT molecular complexity index is 222. The summed E-state index contributed by atoms with van der Waals surface area (Å²) in [7, 11) is 2.21. The monoisotopic (exact) mass is 228 g/mol. The van der Waals surface area contributed by atoms with Crippen molar-refractivity contribution >= 4 is 17.2 Å². The highest BCUT2D eigenvalue weighted by Crippen LogP contribution is 2.49. The minimum absolute atomic E-state index is 0.442. The lowest BCUT2D eigenvalue weighted by molar-refractivity contribution is 0.253. The third kappa shape index (κ3) is 4.94.